The molecule has 0 spiro atoms. The van der Waals surface area contributed by atoms with Crippen LogP contribution in [0.4, 0.5) is 11.4 Å². The van der Waals surface area contributed by atoms with E-state index in [9.17, 15) is 9.59 Å². The lowest BCUT2D eigenvalue weighted by Gasteiger charge is -2.23. The number of fused-ring (bicyclic) bond motifs is 2. The SMILES string of the molecule is O=C1Cc2ccccc2N1ON1C(=O)Cc2ccccc21. The van der Waals surface area contributed by atoms with Crippen LogP contribution in [-0.2, 0) is 27.4 Å². The van der Waals surface area contributed by atoms with Gasteiger partial charge < -0.3 is 0 Å². The van der Waals surface area contributed by atoms with Gasteiger partial charge in [0.25, 0.3) is 11.8 Å². The van der Waals surface area contributed by atoms with Gasteiger partial charge >= 0.3 is 0 Å². The van der Waals surface area contributed by atoms with E-state index < -0.39 is 0 Å². The van der Waals surface area contributed by atoms with Gasteiger partial charge in [-0.1, -0.05) is 36.4 Å². The van der Waals surface area contributed by atoms with Crippen LogP contribution in [0.15, 0.2) is 48.5 Å². The number of hydrogen-bond donors (Lipinski definition) is 0. The largest absolute Gasteiger partial charge is 0.272 e. The van der Waals surface area contributed by atoms with Crippen LogP contribution in [0.3, 0.4) is 0 Å². The Bertz CT molecular complexity index is 693. The number of rotatable bonds is 2. The summed E-state index contributed by atoms with van der Waals surface area (Å²) < 4.78 is 0. The molecule has 2 aliphatic heterocycles. The standard InChI is InChI=1S/C16H12N2O3/c19-15-9-11-5-1-3-7-13(11)17(15)21-18-14-8-4-2-6-12(14)10-16(18)20/h1-8H,9-10H2. The first-order chi connectivity index (χ1) is 10.2. The second-order valence-electron chi connectivity index (χ2n) is 5.07. The number of carbonyl (C=O) groups is 2. The summed E-state index contributed by atoms with van der Waals surface area (Å²) in [6.07, 6.45) is 0.583. The Labute approximate surface area is 121 Å². The Balaban J connectivity index is 1.68. The number of anilines is 2. The summed E-state index contributed by atoms with van der Waals surface area (Å²) in [5.74, 6) is -0.346. The molecule has 0 radical (unpaired) electrons. The maximum Gasteiger partial charge on any atom is 0.257 e. The van der Waals surface area contributed by atoms with Crippen molar-refractivity contribution in [3.8, 4) is 0 Å². The van der Waals surface area contributed by atoms with Gasteiger partial charge in [0.05, 0.1) is 24.2 Å². The van der Waals surface area contributed by atoms with Crippen molar-refractivity contribution in [2.45, 2.75) is 12.8 Å². The number of hydrogen-bond acceptors (Lipinski definition) is 3. The first-order valence-electron chi connectivity index (χ1n) is 6.74. The molecule has 5 nitrogen and oxygen atoms in total. The van der Waals surface area contributed by atoms with E-state index in [1.165, 1.54) is 10.1 Å². The maximum absolute atomic E-state index is 12.1. The van der Waals surface area contributed by atoms with Crippen LogP contribution in [0.25, 0.3) is 0 Å². The third-order valence-electron chi connectivity index (χ3n) is 3.72. The highest BCUT2D eigenvalue weighted by Crippen LogP contribution is 2.33. The van der Waals surface area contributed by atoms with Crippen molar-refractivity contribution >= 4 is 23.2 Å². The second kappa shape index (κ2) is 4.43. The second-order valence-corrected chi connectivity index (χ2v) is 5.07. The van der Waals surface area contributed by atoms with Gasteiger partial charge in [0.15, 0.2) is 0 Å². The molecule has 0 aliphatic carbocycles. The molecular formula is C16H12N2O3. The van der Waals surface area contributed by atoms with Crippen LogP contribution >= 0.6 is 0 Å². The highest BCUT2D eigenvalue weighted by atomic mass is 16.8. The molecule has 0 bridgehead atoms. The molecule has 0 saturated carbocycles. The fraction of sp³-hybridized carbons (Fsp3) is 0.125. The summed E-state index contributed by atoms with van der Waals surface area (Å²) >= 11 is 0. The highest BCUT2D eigenvalue weighted by Gasteiger charge is 2.35. The molecule has 4 rings (SSSR count). The Morgan fingerprint density at radius 2 is 1.14 bits per heavy atom. The van der Waals surface area contributed by atoms with Crippen molar-refractivity contribution < 1.29 is 14.5 Å². The molecule has 0 saturated heterocycles. The minimum Gasteiger partial charge on any atom is -0.272 e. The number of benzene rings is 2. The molecule has 21 heavy (non-hydrogen) atoms. The van der Waals surface area contributed by atoms with E-state index in [0.717, 1.165) is 11.1 Å². The van der Waals surface area contributed by atoms with Gasteiger partial charge in [0.2, 0.25) is 0 Å². The third kappa shape index (κ3) is 1.82. The minimum atomic E-state index is -0.173. The van der Waals surface area contributed by atoms with Gasteiger partial charge in [-0.25, -0.2) is 0 Å². The summed E-state index contributed by atoms with van der Waals surface area (Å²) in [5.41, 5.74) is 3.20. The Morgan fingerprint density at radius 3 is 1.62 bits per heavy atom. The molecule has 0 fully saturated rings. The average molecular weight is 280 g/mol. The van der Waals surface area contributed by atoms with Gasteiger partial charge in [-0.05, 0) is 23.3 Å². The molecule has 2 amide bonds. The zero-order chi connectivity index (χ0) is 14.4. The van der Waals surface area contributed by atoms with E-state index in [0.29, 0.717) is 24.2 Å². The smallest absolute Gasteiger partial charge is 0.257 e. The number of nitrogens with zero attached hydrogens (tertiary/aromatic N) is 2. The van der Waals surface area contributed by atoms with E-state index in [1.807, 2.05) is 48.5 Å². The van der Waals surface area contributed by atoms with Crippen LogP contribution in [0, 0.1) is 0 Å². The van der Waals surface area contributed by atoms with Crippen molar-refractivity contribution in [3.05, 3.63) is 59.7 Å². The van der Waals surface area contributed by atoms with Crippen molar-refractivity contribution in [2.24, 2.45) is 0 Å². The molecule has 0 atom stereocenters. The van der Waals surface area contributed by atoms with Gasteiger partial charge in [-0.3, -0.25) is 9.59 Å². The highest BCUT2D eigenvalue weighted by molar-refractivity contribution is 6.02. The predicted molar refractivity (Wildman–Crippen MR) is 76.3 cm³/mol. The lowest BCUT2D eigenvalue weighted by Crippen LogP contribution is -2.39. The summed E-state index contributed by atoms with van der Waals surface area (Å²) in [7, 11) is 0. The van der Waals surface area contributed by atoms with Crippen molar-refractivity contribution in [2.75, 3.05) is 10.1 Å². The first-order valence-corrected chi connectivity index (χ1v) is 6.74. The molecule has 2 aliphatic rings. The quantitative estimate of drug-likeness (QED) is 0.845. The average Bonchev–Trinajstić information content (AvgIpc) is 2.97. The molecule has 2 aromatic rings. The molecule has 0 N–H and O–H groups in total. The first kappa shape index (κ1) is 12.1. The van der Waals surface area contributed by atoms with Crippen LogP contribution in [0.5, 0.6) is 0 Å². The van der Waals surface area contributed by atoms with Gasteiger partial charge in [-0.2, -0.15) is 10.1 Å². The maximum atomic E-state index is 12.1. The molecule has 2 heterocycles. The van der Waals surface area contributed by atoms with Gasteiger partial charge in [0, 0.05) is 0 Å². The van der Waals surface area contributed by atoms with Crippen LogP contribution in [0.1, 0.15) is 11.1 Å². The van der Waals surface area contributed by atoms with E-state index in [-0.39, 0.29) is 11.8 Å². The zero-order valence-electron chi connectivity index (χ0n) is 11.2. The van der Waals surface area contributed by atoms with E-state index >= 15 is 0 Å². The number of amides is 2. The topological polar surface area (TPSA) is 49.9 Å². The molecular weight excluding hydrogens is 268 g/mol. The van der Waals surface area contributed by atoms with E-state index in [1.54, 1.807) is 0 Å². The summed E-state index contributed by atoms with van der Waals surface area (Å²) in [4.78, 5) is 29.8. The Morgan fingerprint density at radius 1 is 0.714 bits per heavy atom. The normalized spacial score (nSPS) is 16.4. The number of carbonyl (C=O) groups excluding carboxylic acids is 2. The summed E-state index contributed by atoms with van der Waals surface area (Å²) in [6, 6.07) is 14.8. The summed E-state index contributed by atoms with van der Waals surface area (Å²) in [6.45, 7) is 0. The van der Waals surface area contributed by atoms with Crippen LogP contribution in [-0.4, -0.2) is 11.8 Å². The lowest BCUT2D eigenvalue weighted by molar-refractivity contribution is -0.131. The Kier molecular flexibility index (Phi) is 2.55. The fourth-order valence-electron chi connectivity index (χ4n) is 2.72. The summed E-state index contributed by atoms with van der Waals surface area (Å²) in [5, 5.41) is 2.41. The molecule has 0 aromatic heterocycles. The Hall–Kier alpha value is -2.66. The monoisotopic (exact) mass is 280 g/mol. The van der Waals surface area contributed by atoms with E-state index in [2.05, 4.69) is 0 Å². The van der Waals surface area contributed by atoms with Crippen molar-refractivity contribution in [1.29, 1.82) is 0 Å². The van der Waals surface area contributed by atoms with E-state index in [4.69, 9.17) is 4.94 Å². The molecule has 5 heteroatoms. The molecule has 0 unspecified atom stereocenters. The predicted octanol–water partition coefficient (Wildman–Crippen LogP) is 2.01. The molecule has 104 valence electrons. The zero-order valence-corrected chi connectivity index (χ0v) is 11.2. The van der Waals surface area contributed by atoms with Crippen molar-refractivity contribution in [3.63, 3.8) is 0 Å². The lowest BCUT2D eigenvalue weighted by atomic mass is 10.2. The number of para-hydroxylation sites is 2. The van der Waals surface area contributed by atoms with Crippen LogP contribution in [0.2, 0.25) is 0 Å². The number of hydroxylamine groups is 2. The van der Waals surface area contributed by atoms with Crippen LogP contribution < -0.4 is 10.1 Å². The van der Waals surface area contributed by atoms with Gasteiger partial charge in [-0.15, -0.1) is 4.94 Å². The molecule has 2 aromatic carbocycles. The van der Waals surface area contributed by atoms with Crippen molar-refractivity contribution in [1.82, 2.24) is 0 Å². The fourth-order valence-corrected chi connectivity index (χ4v) is 2.72. The minimum absolute atomic E-state index is 0.173. The van der Waals surface area contributed by atoms with Gasteiger partial charge in [0.1, 0.15) is 0 Å². The third-order valence-corrected chi connectivity index (χ3v) is 3.72.